The van der Waals surface area contributed by atoms with Crippen LogP contribution in [0, 0.1) is 5.92 Å². The fraction of sp³-hybridized carbons (Fsp3) is 0.941. The Morgan fingerprint density at radius 2 is 1.00 bits per heavy atom. The Morgan fingerprint density at radius 1 is 0.590 bits per heavy atom. The molecular weight excluding hydrogens is 488 g/mol. The molecule has 0 aliphatic heterocycles. The molecule has 0 spiro atoms. The van der Waals surface area contributed by atoms with Crippen molar-refractivity contribution in [3.63, 3.8) is 0 Å². The highest BCUT2D eigenvalue weighted by Gasteiger charge is 2.16. The largest absolute Gasteiger partial charge is 0.462 e. The van der Waals surface area contributed by atoms with E-state index >= 15 is 0 Å². The zero-order valence-corrected chi connectivity index (χ0v) is 26.3. The van der Waals surface area contributed by atoms with E-state index in [1.54, 1.807) is 0 Å². The molecule has 0 heterocycles. The molecule has 1 N–H and O–H groups in total. The summed E-state index contributed by atoms with van der Waals surface area (Å²) in [6.45, 7) is 6.48. The number of hydrogen-bond donors (Lipinski definition) is 1. The predicted molar refractivity (Wildman–Crippen MR) is 164 cm³/mol. The van der Waals surface area contributed by atoms with Crippen molar-refractivity contribution in [2.24, 2.45) is 5.92 Å². The zero-order chi connectivity index (χ0) is 28.8. The van der Waals surface area contributed by atoms with Gasteiger partial charge in [0.25, 0.3) is 0 Å². The molecule has 0 amide bonds. The van der Waals surface area contributed by atoms with Gasteiger partial charge >= 0.3 is 11.9 Å². The molecule has 232 valence electrons. The molecule has 0 rings (SSSR count). The topological polar surface area (TPSA) is 72.8 Å². The summed E-state index contributed by atoms with van der Waals surface area (Å²) in [6.07, 6.45) is 28.8. The Bertz CT molecular complexity index is 536. The van der Waals surface area contributed by atoms with Crippen molar-refractivity contribution < 1.29 is 24.2 Å². The Balaban J connectivity index is 3.48. The average Bonchev–Trinajstić information content (AvgIpc) is 2.94. The molecule has 0 fully saturated rings. The first-order valence-corrected chi connectivity index (χ1v) is 17.0. The molecule has 0 aliphatic rings. The first-order valence-electron chi connectivity index (χ1n) is 17.0. The van der Waals surface area contributed by atoms with E-state index in [-0.39, 0.29) is 25.2 Å². The normalized spacial score (nSPS) is 12.8. The summed E-state index contributed by atoms with van der Waals surface area (Å²) in [5, 5.41) is 9.45. The second-order valence-electron chi connectivity index (χ2n) is 11.9. The average molecular weight is 555 g/mol. The lowest BCUT2D eigenvalue weighted by Crippen LogP contribution is -2.28. The summed E-state index contributed by atoms with van der Waals surface area (Å²) in [5.74, 6) is 0.314. The van der Waals surface area contributed by atoms with Gasteiger partial charge in [-0.2, -0.15) is 0 Å². The minimum absolute atomic E-state index is 0.0592. The minimum Gasteiger partial charge on any atom is -0.462 e. The molecule has 0 aromatic rings. The van der Waals surface area contributed by atoms with Crippen LogP contribution in [0.5, 0.6) is 0 Å². The van der Waals surface area contributed by atoms with Gasteiger partial charge in [-0.05, 0) is 18.8 Å². The number of esters is 2. The van der Waals surface area contributed by atoms with Gasteiger partial charge in [0.2, 0.25) is 0 Å². The quantitative estimate of drug-likeness (QED) is 0.0706. The maximum Gasteiger partial charge on any atom is 0.306 e. The van der Waals surface area contributed by atoms with E-state index in [9.17, 15) is 14.7 Å². The summed E-state index contributed by atoms with van der Waals surface area (Å²) in [6, 6.07) is 0. The van der Waals surface area contributed by atoms with Crippen molar-refractivity contribution in [1.82, 2.24) is 0 Å². The molecular formula is C34H66O5. The van der Waals surface area contributed by atoms with Crippen LogP contribution in [0.1, 0.15) is 181 Å². The summed E-state index contributed by atoms with van der Waals surface area (Å²) in [7, 11) is 0. The van der Waals surface area contributed by atoms with E-state index in [0.717, 1.165) is 38.0 Å². The van der Waals surface area contributed by atoms with Gasteiger partial charge in [-0.1, -0.05) is 156 Å². The smallest absolute Gasteiger partial charge is 0.306 e. The van der Waals surface area contributed by atoms with E-state index in [4.69, 9.17) is 9.47 Å². The molecule has 0 saturated heterocycles. The van der Waals surface area contributed by atoms with E-state index in [1.165, 1.54) is 116 Å². The summed E-state index contributed by atoms with van der Waals surface area (Å²) in [4.78, 5) is 24.0. The highest BCUT2D eigenvalue weighted by molar-refractivity contribution is 5.70. The monoisotopic (exact) mass is 554 g/mol. The minimum atomic E-state index is -0.759. The molecule has 0 aliphatic carbocycles. The van der Waals surface area contributed by atoms with Gasteiger partial charge < -0.3 is 14.6 Å². The van der Waals surface area contributed by atoms with Crippen LogP contribution < -0.4 is 0 Å². The maximum atomic E-state index is 12.0. The third kappa shape index (κ3) is 28.2. The van der Waals surface area contributed by atoms with Gasteiger partial charge in [0, 0.05) is 12.8 Å². The van der Waals surface area contributed by atoms with Gasteiger partial charge in [0.15, 0.2) is 6.10 Å². The second-order valence-corrected chi connectivity index (χ2v) is 11.9. The lowest BCUT2D eigenvalue weighted by molar-refractivity contribution is -0.161. The number of carbonyl (C=O) groups excluding carboxylic acids is 2. The van der Waals surface area contributed by atoms with E-state index in [1.807, 2.05) is 0 Å². The number of hydrogen-bond acceptors (Lipinski definition) is 5. The third-order valence-electron chi connectivity index (χ3n) is 7.94. The van der Waals surface area contributed by atoms with Gasteiger partial charge in [-0.15, -0.1) is 0 Å². The Kier molecular flexibility index (Phi) is 29.0. The Labute approximate surface area is 242 Å². The van der Waals surface area contributed by atoms with E-state index in [0.29, 0.717) is 12.8 Å². The molecule has 0 aromatic carbocycles. The molecule has 0 saturated carbocycles. The molecule has 1 unspecified atom stereocenters. The molecule has 2 atom stereocenters. The third-order valence-corrected chi connectivity index (χ3v) is 7.94. The number of unbranched alkanes of at least 4 members (excludes halogenated alkanes) is 19. The van der Waals surface area contributed by atoms with Gasteiger partial charge in [0.1, 0.15) is 6.61 Å². The van der Waals surface area contributed by atoms with Crippen LogP contribution >= 0.6 is 0 Å². The standard InChI is InChI=1S/C34H66O5/c1-4-6-7-8-17-22-25-28-34(37)39-32(29-35)30-38-33(36)27-24-21-19-16-14-12-10-9-11-13-15-18-20-23-26-31(3)5-2/h31-32,35H,4-30H2,1-3H3/t31?,32-/m0/s1. The molecule has 39 heavy (non-hydrogen) atoms. The summed E-state index contributed by atoms with van der Waals surface area (Å²) >= 11 is 0. The molecule has 0 bridgehead atoms. The molecule has 0 aromatic heterocycles. The fourth-order valence-electron chi connectivity index (χ4n) is 4.94. The summed E-state index contributed by atoms with van der Waals surface area (Å²) in [5.41, 5.74) is 0. The maximum absolute atomic E-state index is 12.0. The fourth-order valence-corrected chi connectivity index (χ4v) is 4.94. The Morgan fingerprint density at radius 3 is 1.44 bits per heavy atom. The number of aliphatic hydroxyl groups is 1. The van der Waals surface area contributed by atoms with Crippen molar-refractivity contribution in [3.05, 3.63) is 0 Å². The molecule has 5 heteroatoms. The lowest BCUT2D eigenvalue weighted by atomic mass is 9.99. The lowest BCUT2D eigenvalue weighted by Gasteiger charge is -2.15. The second kappa shape index (κ2) is 29.9. The van der Waals surface area contributed by atoms with Crippen LogP contribution in [-0.2, 0) is 19.1 Å². The number of ether oxygens (including phenoxy) is 2. The van der Waals surface area contributed by atoms with Crippen molar-refractivity contribution in [1.29, 1.82) is 0 Å². The number of carbonyl (C=O) groups is 2. The van der Waals surface area contributed by atoms with Crippen LogP contribution in [0.2, 0.25) is 0 Å². The van der Waals surface area contributed by atoms with Crippen molar-refractivity contribution >= 4 is 11.9 Å². The Hall–Kier alpha value is -1.10. The van der Waals surface area contributed by atoms with Crippen LogP contribution in [-0.4, -0.2) is 36.4 Å². The van der Waals surface area contributed by atoms with Gasteiger partial charge in [0.05, 0.1) is 6.61 Å². The first kappa shape index (κ1) is 37.9. The summed E-state index contributed by atoms with van der Waals surface area (Å²) < 4.78 is 10.5. The first-order chi connectivity index (χ1) is 19.0. The van der Waals surface area contributed by atoms with Gasteiger partial charge in [-0.3, -0.25) is 9.59 Å². The zero-order valence-electron chi connectivity index (χ0n) is 26.3. The highest BCUT2D eigenvalue weighted by Crippen LogP contribution is 2.16. The van der Waals surface area contributed by atoms with Crippen LogP contribution in [0.25, 0.3) is 0 Å². The van der Waals surface area contributed by atoms with Gasteiger partial charge in [-0.25, -0.2) is 0 Å². The van der Waals surface area contributed by atoms with Crippen molar-refractivity contribution in [2.75, 3.05) is 13.2 Å². The number of rotatable bonds is 30. The van der Waals surface area contributed by atoms with Crippen LogP contribution in [0.15, 0.2) is 0 Å². The predicted octanol–water partition coefficient (Wildman–Crippen LogP) is 9.86. The molecule has 5 nitrogen and oxygen atoms in total. The van der Waals surface area contributed by atoms with E-state index < -0.39 is 6.10 Å². The van der Waals surface area contributed by atoms with E-state index in [2.05, 4.69) is 20.8 Å². The highest BCUT2D eigenvalue weighted by atomic mass is 16.6. The number of aliphatic hydroxyl groups excluding tert-OH is 1. The molecule has 0 radical (unpaired) electrons. The van der Waals surface area contributed by atoms with Crippen LogP contribution in [0.3, 0.4) is 0 Å². The van der Waals surface area contributed by atoms with Crippen molar-refractivity contribution in [2.45, 2.75) is 187 Å². The SMILES string of the molecule is CCCCCCCCCC(=O)O[C@@H](CO)COC(=O)CCCCCCCCCCCCCCCCC(C)CC. The van der Waals surface area contributed by atoms with Crippen molar-refractivity contribution in [3.8, 4) is 0 Å². The van der Waals surface area contributed by atoms with Crippen LogP contribution in [0.4, 0.5) is 0 Å².